The van der Waals surface area contributed by atoms with E-state index >= 15 is 0 Å². The van der Waals surface area contributed by atoms with E-state index in [0.29, 0.717) is 0 Å². The third-order valence-electron chi connectivity index (χ3n) is 3.78. The normalized spacial score (nSPS) is 10.2. The number of para-hydroxylation sites is 1. The van der Waals surface area contributed by atoms with Gasteiger partial charge in [-0.2, -0.15) is 0 Å². The van der Waals surface area contributed by atoms with Gasteiger partial charge in [0.2, 0.25) is 5.75 Å². The van der Waals surface area contributed by atoms with E-state index < -0.39 is 33.2 Å². The zero-order chi connectivity index (χ0) is 23.3. The monoisotopic (exact) mass is 550 g/mol. The molecule has 0 fully saturated rings. The second-order valence-corrected chi connectivity index (χ2v) is 7.15. The number of hydrogen-bond acceptors (Lipinski definition) is 9. The second kappa shape index (κ2) is 9.73. The molecule has 2 aromatic carbocycles. The smallest absolute Gasteiger partial charge is 0.326 e. The molecule has 0 aliphatic heterocycles. The van der Waals surface area contributed by atoms with Gasteiger partial charge in [0.05, 0.1) is 9.85 Å². The molecule has 0 saturated heterocycles. The summed E-state index contributed by atoms with van der Waals surface area (Å²) in [5.74, 6) is -1.18. The van der Waals surface area contributed by atoms with Crippen molar-refractivity contribution in [1.29, 1.82) is 0 Å². The summed E-state index contributed by atoms with van der Waals surface area (Å²) in [7, 11) is 0. The fourth-order valence-corrected chi connectivity index (χ4v) is 2.71. The van der Waals surface area contributed by atoms with Gasteiger partial charge in [0.15, 0.2) is 0 Å². The first-order valence-corrected chi connectivity index (χ1v) is 9.62. The molecular formula is C18H11IN6O7. The van der Waals surface area contributed by atoms with Gasteiger partial charge in [0, 0.05) is 33.8 Å². The first kappa shape index (κ1) is 22.5. The van der Waals surface area contributed by atoms with Gasteiger partial charge in [-0.25, -0.2) is 14.8 Å². The molecular weight excluding hydrogens is 539 g/mol. The van der Waals surface area contributed by atoms with Gasteiger partial charge in [0.25, 0.3) is 11.6 Å². The van der Waals surface area contributed by atoms with Crippen molar-refractivity contribution in [3.05, 3.63) is 84.2 Å². The van der Waals surface area contributed by atoms with E-state index in [1.54, 1.807) is 0 Å². The van der Waals surface area contributed by atoms with Gasteiger partial charge in [-0.3, -0.25) is 30.3 Å². The molecule has 1 aromatic heterocycles. The van der Waals surface area contributed by atoms with Crippen molar-refractivity contribution in [1.82, 2.24) is 15.3 Å². The summed E-state index contributed by atoms with van der Waals surface area (Å²) in [6.45, 7) is 0. The number of aromatic nitrogens is 2. The van der Waals surface area contributed by atoms with Crippen molar-refractivity contribution < 1.29 is 24.2 Å². The number of nitro benzene ring substituents is 2. The largest absolute Gasteiger partial charge is 0.417 e. The first-order chi connectivity index (χ1) is 15.2. The number of benzene rings is 2. The Labute approximate surface area is 192 Å². The van der Waals surface area contributed by atoms with E-state index in [1.807, 2.05) is 27.9 Å². The predicted octanol–water partition coefficient (Wildman–Crippen LogP) is 3.65. The molecule has 32 heavy (non-hydrogen) atoms. The Hall–Kier alpha value is -4.21. The zero-order valence-electron chi connectivity index (χ0n) is 15.7. The third kappa shape index (κ3) is 5.48. The molecule has 3 rings (SSSR count). The summed E-state index contributed by atoms with van der Waals surface area (Å²) < 4.78 is 6.07. The van der Waals surface area contributed by atoms with Gasteiger partial charge in [0.1, 0.15) is 5.56 Å². The molecule has 162 valence electrons. The van der Waals surface area contributed by atoms with Gasteiger partial charge in [-0.05, 0) is 40.8 Å². The number of carbonyl (C=O) groups is 2. The van der Waals surface area contributed by atoms with Crippen molar-refractivity contribution in [2.75, 3.05) is 5.32 Å². The highest BCUT2D eigenvalue weighted by Crippen LogP contribution is 2.32. The lowest BCUT2D eigenvalue weighted by Crippen LogP contribution is -2.34. The molecule has 2 N–H and O–H groups in total. The lowest BCUT2D eigenvalue weighted by atomic mass is 10.1. The van der Waals surface area contributed by atoms with E-state index in [2.05, 4.69) is 15.3 Å². The Morgan fingerprint density at radius 1 is 0.969 bits per heavy atom. The predicted molar refractivity (Wildman–Crippen MR) is 118 cm³/mol. The Morgan fingerprint density at radius 2 is 1.62 bits per heavy atom. The minimum Gasteiger partial charge on any atom is -0.417 e. The molecule has 3 aromatic rings. The van der Waals surface area contributed by atoms with Crippen LogP contribution >= 0.6 is 22.6 Å². The minimum atomic E-state index is -1.04. The average Bonchev–Trinajstić information content (AvgIpc) is 2.76. The maximum Gasteiger partial charge on any atom is 0.326 e. The SMILES string of the molecule is O=C(NC(=O)c1ccccc1[N+](=O)[O-])Nc1ccc(Oc2ncc(I)cn2)c([N+](=O)[O-])c1. The van der Waals surface area contributed by atoms with Gasteiger partial charge >= 0.3 is 17.7 Å². The standard InChI is InChI=1S/C18H11IN6O7/c19-10-8-20-18(21-9-10)32-15-6-5-11(7-14(15)25(30)31)22-17(27)23-16(26)12-3-1-2-4-13(12)24(28)29/h1-9H,(H2,22,23,26,27). The van der Waals surface area contributed by atoms with Crippen LogP contribution in [0.15, 0.2) is 54.9 Å². The van der Waals surface area contributed by atoms with Gasteiger partial charge < -0.3 is 10.1 Å². The van der Waals surface area contributed by atoms with Gasteiger partial charge in [-0.1, -0.05) is 12.1 Å². The van der Waals surface area contributed by atoms with Crippen molar-refractivity contribution in [2.24, 2.45) is 0 Å². The third-order valence-corrected chi connectivity index (χ3v) is 4.34. The van der Waals surface area contributed by atoms with Gasteiger partial charge in [-0.15, -0.1) is 0 Å². The Kier molecular flexibility index (Phi) is 6.83. The molecule has 0 radical (unpaired) electrons. The summed E-state index contributed by atoms with van der Waals surface area (Å²) in [6.07, 6.45) is 2.92. The zero-order valence-corrected chi connectivity index (χ0v) is 17.9. The molecule has 0 spiro atoms. The Bertz CT molecular complexity index is 1220. The fourth-order valence-electron chi connectivity index (χ4n) is 2.43. The van der Waals surface area contributed by atoms with E-state index in [-0.39, 0.29) is 23.0 Å². The molecule has 0 bridgehead atoms. The Morgan fingerprint density at radius 3 is 2.28 bits per heavy atom. The first-order valence-electron chi connectivity index (χ1n) is 8.54. The lowest BCUT2D eigenvalue weighted by molar-refractivity contribution is -0.385. The number of rotatable bonds is 6. The van der Waals surface area contributed by atoms with Crippen LogP contribution in [0, 0.1) is 23.8 Å². The van der Waals surface area contributed by atoms with Crippen LogP contribution in [0.25, 0.3) is 0 Å². The van der Waals surface area contributed by atoms with Crippen LogP contribution < -0.4 is 15.4 Å². The highest BCUT2D eigenvalue weighted by atomic mass is 127. The number of urea groups is 1. The van der Waals surface area contributed by atoms with Crippen LogP contribution in [0.2, 0.25) is 0 Å². The number of ether oxygens (including phenoxy) is 1. The molecule has 13 nitrogen and oxygen atoms in total. The number of hydrogen-bond donors (Lipinski definition) is 2. The number of nitro groups is 2. The number of nitrogens with one attached hydrogen (secondary N) is 2. The summed E-state index contributed by atoms with van der Waals surface area (Å²) in [5, 5.41) is 26.6. The van der Waals surface area contributed by atoms with Crippen LogP contribution in [0.4, 0.5) is 21.9 Å². The highest BCUT2D eigenvalue weighted by molar-refractivity contribution is 14.1. The number of carbonyl (C=O) groups excluding carboxylic acids is 2. The molecule has 0 atom stereocenters. The molecule has 1 heterocycles. The van der Waals surface area contributed by atoms with E-state index in [9.17, 15) is 29.8 Å². The van der Waals surface area contributed by atoms with Crippen LogP contribution in [-0.4, -0.2) is 31.8 Å². The van der Waals surface area contributed by atoms with Crippen LogP contribution in [-0.2, 0) is 0 Å². The molecule has 0 saturated carbocycles. The summed E-state index contributed by atoms with van der Waals surface area (Å²) in [6, 6.07) is 7.45. The van der Waals surface area contributed by atoms with E-state index in [1.165, 1.54) is 42.7 Å². The Balaban J connectivity index is 1.74. The van der Waals surface area contributed by atoms with Crippen LogP contribution in [0.1, 0.15) is 10.4 Å². The van der Waals surface area contributed by atoms with E-state index in [0.717, 1.165) is 15.7 Å². The molecule has 14 heteroatoms. The quantitative estimate of drug-likeness (QED) is 0.263. The lowest BCUT2D eigenvalue weighted by Gasteiger charge is -2.09. The minimum absolute atomic E-state index is 0.0274. The molecule has 3 amide bonds. The van der Waals surface area contributed by atoms with Crippen molar-refractivity contribution >= 4 is 51.6 Å². The van der Waals surface area contributed by atoms with Crippen molar-refractivity contribution in [2.45, 2.75) is 0 Å². The molecule has 0 unspecified atom stereocenters. The highest BCUT2D eigenvalue weighted by Gasteiger charge is 2.22. The van der Waals surface area contributed by atoms with Crippen LogP contribution in [0.3, 0.4) is 0 Å². The van der Waals surface area contributed by atoms with E-state index in [4.69, 9.17) is 4.74 Å². The number of anilines is 1. The molecule has 0 aliphatic carbocycles. The maximum absolute atomic E-state index is 12.2. The van der Waals surface area contributed by atoms with Crippen LogP contribution in [0.5, 0.6) is 11.8 Å². The second-order valence-electron chi connectivity index (χ2n) is 5.91. The number of halogens is 1. The number of imide groups is 1. The summed E-state index contributed by atoms with van der Waals surface area (Å²) in [4.78, 5) is 53.1. The maximum atomic E-state index is 12.2. The van der Waals surface area contributed by atoms with Crippen molar-refractivity contribution in [3.63, 3.8) is 0 Å². The topological polar surface area (TPSA) is 179 Å². The summed E-state index contributed by atoms with van der Waals surface area (Å²) in [5.41, 5.74) is -1.32. The summed E-state index contributed by atoms with van der Waals surface area (Å²) >= 11 is 1.98. The number of amides is 3. The molecule has 0 aliphatic rings. The number of nitrogens with zero attached hydrogens (tertiary/aromatic N) is 4. The van der Waals surface area contributed by atoms with Crippen molar-refractivity contribution in [3.8, 4) is 11.8 Å². The average molecular weight is 550 g/mol. The fraction of sp³-hybridized carbons (Fsp3) is 0.